The molecule has 0 radical (unpaired) electrons. The second-order valence-electron chi connectivity index (χ2n) is 4.31. The van der Waals surface area contributed by atoms with Crippen LogP contribution in [0.5, 0.6) is 0 Å². The number of alkyl halides is 3. The van der Waals surface area contributed by atoms with Crippen LogP contribution < -0.4 is 5.32 Å². The molecule has 2 aromatic carbocycles. The van der Waals surface area contributed by atoms with Gasteiger partial charge in [-0.3, -0.25) is 0 Å². The van der Waals surface area contributed by atoms with Crippen molar-refractivity contribution in [3.63, 3.8) is 0 Å². The first-order chi connectivity index (χ1) is 9.80. The van der Waals surface area contributed by atoms with Crippen LogP contribution in [0.4, 0.5) is 18.9 Å². The van der Waals surface area contributed by atoms with E-state index in [4.69, 9.17) is 0 Å². The third-order valence-electron chi connectivity index (χ3n) is 2.81. The lowest BCUT2D eigenvalue weighted by atomic mass is 10.2. The van der Waals surface area contributed by atoms with Crippen LogP contribution in [0.25, 0.3) is 0 Å². The minimum absolute atomic E-state index is 0.492. The number of halogens is 3. The molecular formula is C14H12F3NO2S. The summed E-state index contributed by atoms with van der Waals surface area (Å²) in [6.07, 6.45) is 0. The summed E-state index contributed by atoms with van der Waals surface area (Å²) in [5, 5.41) is 3.00. The molecule has 0 bridgehead atoms. The molecule has 0 atom stereocenters. The Hall–Kier alpha value is -2.02. The molecule has 7 heteroatoms. The Morgan fingerprint density at radius 1 is 0.905 bits per heavy atom. The zero-order valence-corrected chi connectivity index (χ0v) is 11.6. The molecule has 0 amide bonds. The second-order valence-corrected chi connectivity index (χ2v) is 6.25. The Kier molecular flexibility index (Phi) is 4.22. The molecule has 0 aromatic heterocycles. The lowest BCUT2D eigenvalue weighted by Crippen LogP contribution is -2.23. The van der Waals surface area contributed by atoms with E-state index < -0.39 is 20.2 Å². The Labute approximate surface area is 120 Å². The molecule has 0 aliphatic carbocycles. The van der Waals surface area contributed by atoms with Gasteiger partial charge in [0.2, 0.25) is 0 Å². The number of anilines is 1. The zero-order valence-electron chi connectivity index (χ0n) is 10.8. The van der Waals surface area contributed by atoms with Crippen LogP contribution in [0.1, 0.15) is 5.56 Å². The summed E-state index contributed by atoms with van der Waals surface area (Å²) in [6, 6.07) is 13.9. The molecular weight excluding hydrogens is 303 g/mol. The van der Waals surface area contributed by atoms with Gasteiger partial charge >= 0.3 is 5.51 Å². The van der Waals surface area contributed by atoms with Gasteiger partial charge < -0.3 is 5.32 Å². The van der Waals surface area contributed by atoms with Gasteiger partial charge in [0.15, 0.2) is 0 Å². The predicted molar refractivity (Wildman–Crippen MR) is 73.5 cm³/mol. The van der Waals surface area contributed by atoms with Gasteiger partial charge in [0.1, 0.15) is 0 Å². The highest BCUT2D eigenvalue weighted by Crippen LogP contribution is 2.30. The fourth-order valence-corrected chi connectivity index (χ4v) is 2.45. The molecule has 112 valence electrons. The van der Waals surface area contributed by atoms with E-state index in [9.17, 15) is 21.6 Å². The Bertz CT molecular complexity index is 695. The molecule has 21 heavy (non-hydrogen) atoms. The largest absolute Gasteiger partial charge is 0.501 e. The van der Waals surface area contributed by atoms with Crippen molar-refractivity contribution in [2.75, 3.05) is 5.32 Å². The summed E-state index contributed by atoms with van der Waals surface area (Å²) in [5.41, 5.74) is -3.74. The van der Waals surface area contributed by atoms with Gasteiger partial charge in [-0.2, -0.15) is 13.2 Å². The molecule has 0 spiro atoms. The number of hydrogen-bond acceptors (Lipinski definition) is 3. The molecule has 0 fully saturated rings. The summed E-state index contributed by atoms with van der Waals surface area (Å²) in [4.78, 5) is -0.764. The Morgan fingerprint density at radius 2 is 1.48 bits per heavy atom. The van der Waals surface area contributed by atoms with Gasteiger partial charge in [0.25, 0.3) is 9.84 Å². The summed E-state index contributed by atoms with van der Waals surface area (Å²) >= 11 is 0. The number of benzene rings is 2. The van der Waals surface area contributed by atoms with E-state index in [-0.39, 0.29) is 0 Å². The molecule has 0 saturated heterocycles. The van der Waals surface area contributed by atoms with Crippen molar-refractivity contribution in [1.29, 1.82) is 0 Å². The minimum atomic E-state index is -5.29. The van der Waals surface area contributed by atoms with Gasteiger partial charge in [-0.1, -0.05) is 30.3 Å². The fourth-order valence-electron chi connectivity index (χ4n) is 1.69. The van der Waals surface area contributed by atoms with E-state index in [0.29, 0.717) is 12.2 Å². The molecule has 0 heterocycles. The summed E-state index contributed by atoms with van der Waals surface area (Å²) in [5.74, 6) is 0. The lowest BCUT2D eigenvalue weighted by molar-refractivity contribution is -0.0436. The maximum absolute atomic E-state index is 12.4. The number of nitrogens with one attached hydrogen (secondary N) is 1. The van der Waals surface area contributed by atoms with Crippen molar-refractivity contribution in [2.24, 2.45) is 0 Å². The van der Waals surface area contributed by atoms with E-state index in [2.05, 4.69) is 5.32 Å². The first-order valence-electron chi connectivity index (χ1n) is 6.00. The van der Waals surface area contributed by atoms with Crippen LogP contribution in [0.3, 0.4) is 0 Å². The van der Waals surface area contributed by atoms with Crippen LogP contribution in [-0.4, -0.2) is 13.9 Å². The third-order valence-corrected chi connectivity index (χ3v) is 4.31. The van der Waals surface area contributed by atoms with Crippen molar-refractivity contribution >= 4 is 15.5 Å². The van der Waals surface area contributed by atoms with Crippen LogP contribution in [-0.2, 0) is 16.4 Å². The van der Waals surface area contributed by atoms with E-state index in [1.54, 1.807) is 0 Å². The maximum Gasteiger partial charge on any atom is 0.501 e. The van der Waals surface area contributed by atoms with Crippen LogP contribution in [0.2, 0.25) is 0 Å². The third kappa shape index (κ3) is 3.55. The number of rotatable bonds is 4. The first kappa shape index (κ1) is 15.4. The van der Waals surface area contributed by atoms with Crippen molar-refractivity contribution in [2.45, 2.75) is 16.9 Å². The zero-order chi connectivity index (χ0) is 15.5. The van der Waals surface area contributed by atoms with E-state index in [1.165, 1.54) is 12.1 Å². The molecule has 0 saturated carbocycles. The Morgan fingerprint density at radius 3 is 2.00 bits per heavy atom. The molecule has 3 nitrogen and oxygen atoms in total. The Balaban J connectivity index is 2.10. The average molecular weight is 315 g/mol. The van der Waals surface area contributed by atoms with Crippen molar-refractivity contribution in [1.82, 2.24) is 0 Å². The minimum Gasteiger partial charge on any atom is -0.381 e. The lowest BCUT2D eigenvalue weighted by Gasteiger charge is -2.10. The fraction of sp³-hybridized carbons (Fsp3) is 0.143. The van der Waals surface area contributed by atoms with E-state index >= 15 is 0 Å². The second kappa shape index (κ2) is 5.77. The molecule has 0 aliphatic heterocycles. The van der Waals surface area contributed by atoms with E-state index in [1.807, 2.05) is 30.3 Å². The highest BCUT2D eigenvalue weighted by molar-refractivity contribution is 7.92. The van der Waals surface area contributed by atoms with Gasteiger partial charge in [-0.15, -0.1) is 0 Å². The molecule has 0 unspecified atom stereocenters. The van der Waals surface area contributed by atoms with Crippen LogP contribution in [0, 0.1) is 0 Å². The van der Waals surface area contributed by atoms with Gasteiger partial charge in [-0.05, 0) is 29.8 Å². The maximum atomic E-state index is 12.4. The topological polar surface area (TPSA) is 46.2 Å². The van der Waals surface area contributed by atoms with Crippen molar-refractivity contribution in [3.8, 4) is 0 Å². The monoisotopic (exact) mass is 315 g/mol. The number of sulfone groups is 1. The average Bonchev–Trinajstić information content (AvgIpc) is 2.45. The smallest absolute Gasteiger partial charge is 0.381 e. The van der Waals surface area contributed by atoms with E-state index in [0.717, 1.165) is 17.7 Å². The quantitative estimate of drug-likeness (QED) is 0.938. The first-order valence-corrected chi connectivity index (χ1v) is 7.48. The predicted octanol–water partition coefficient (Wildman–Crippen LogP) is 3.59. The van der Waals surface area contributed by atoms with Crippen molar-refractivity contribution < 1.29 is 21.6 Å². The highest BCUT2D eigenvalue weighted by Gasteiger charge is 2.46. The SMILES string of the molecule is O=S(=O)(c1ccc(NCc2ccccc2)cc1)C(F)(F)F. The highest BCUT2D eigenvalue weighted by atomic mass is 32.2. The summed E-state index contributed by atoms with van der Waals surface area (Å²) in [6.45, 7) is 0.492. The normalized spacial score (nSPS) is 12.1. The van der Waals surface area contributed by atoms with Crippen LogP contribution >= 0.6 is 0 Å². The molecule has 1 N–H and O–H groups in total. The molecule has 2 aromatic rings. The van der Waals surface area contributed by atoms with Gasteiger partial charge in [-0.25, -0.2) is 8.42 Å². The molecule has 0 aliphatic rings. The van der Waals surface area contributed by atoms with Crippen LogP contribution in [0.15, 0.2) is 59.5 Å². The van der Waals surface area contributed by atoms with Gasteiger partial charge in [0.05, 0.1) is 4.90 Å². The summed E-state index contributed by atoms with van der Waals surface area (Å²) < 4.78 is 59.6. The number of hydrogen-bond donors (Lipinski definition) is 1. The standard InChI is InChI=1S/C14H12F3NO2S/c15-14(16,17)21(19,20)13-8-6-12(7-9-13)18-10-11-4-2-1-3-5-11/h1-9,18H,10H2. The summed E-state index contributed by atoms with van der Waals surface area (Å²) in [7, 11) is -5.29. The van der Waals surface area contributed by atoms with Gasteiger partial charge in [0, 0.05) is 12.2 Å². The molecule has 2 rings (SSSR count). The van der Waals surface area contributed by atoms with Crippen molar-refractivity contribution in [3.05, 3.63) is 60.2 Å².